The van der Waals surface area contributed by atoms with Crippen molar-refractivity contribution < 1.29 is 4.79 Å². The standard InChI is InChI=1S/C16H30N4O/c17-7-8-18-16(21)13-4-3-10-20(12-13)15-6-11-19-9-2-1-5-14(15)19/h13-15H,1-12,17H2,(H,18,21). The third-order valence-electron chi connectivity index (χ3n) is 5.56. The van der Waals surface area contributed by atoms with E-state index in [1.165, 1.54) is 45.3 Å². The second-order valence-corrected chi connectivity index (χ2v) is 6.87. The number of amides is 1. The largest absolute Gasteiger partial charge is 0.355 e. The molecular weight excluding hydrogens is 264 g/mol. The van der Waals surface area contributed by atoms with Crippen LogP contribution in [0.1, 0.15) is 38.5 Å². The highest BCUT2D eigenvalue weighted by Gasteiger charge is 2.40. The van der Waals surface area contributed by atoms with E-state index in [-0.39, 0.29) is 11.8 Å². The molecule has 0 spiro atoms. The van der Waals surface area contributed by atoms with Gasteiger partial charge in [0.2, 0.25) is 5.91 Å². The van der Waals surface area contributed by atoms with Crippen LogP contribution < -0.4 is 11.1 Å². The van der Waals surface area contributed by atoms with E-state index >= 15 is 0 Å². The van der Waals surface area contributed by atoms with E-state index in [1.807, 2.05) is 0 Å². The summed E-state index contributed by atoms with van der Waals surface area (Å²) in [5, 5.41) is 2.97. The van der Waals surface area contributed by atoms with Crippen LogP contribution in [0.15, 0.2) is 0 Å². The lowest BCUT2D eigenvalue weighted by Gasteiger charge is -2.41. The third kappa shape index (κ3) is 3.41. The quantitative estimate of drug-likeness (QED) is 0.788. The van der Waals surface area contributed by atoms with Crippen molar-refractivity contribution in [2.24, 2.45) is 11.7 Å². The smallest absolute Gasteiger partial charge is 0.224 e. The molecule has 0 radical (unpaired) electrons. The molecule has 3 unspecified atom stereocenters. The van der Waals surface area contributed by atoms with Crippen LogP contribution in [0.25, 0.3) is 0 Å². The average Bonchev–Trinajstić information content (AvgIpc) is 2.97. The number of nitrogens with two attached hydrogens (primary N) is 1. The van der Waals surface area contributed by atoms with Crippen molar-refractivity contribution in [3.8, 4) is 0 Å². The maximum Gasteiger partial charge on any atom is 0.224 e. The predicted octanol–water partition coefficient (Wildman–Crippen LogP) is 0.400. The summed E-state index contributed by atoms with van der Waals surface area (Å²) in [6.45, 7) is 5.81. The fourth-order valence-electron chi connectivity index (χ4n) is 4.51. The first kappa shape index (κ1) is 15.3. The Hall–Kier alpha value is -0.650. The second-order valence-electron chi connectivity index (χ2n) is 6.87. The molecule has 3 atom stereocenters. The highest BCUT2D eigenvalue weighted by atomic mass is 16.1. The van der Waals surface area contributed by atoms with Gasteiger partial charge in [-0.3, -0.25) is 14.6 Å². The fourth-order valence-corrected chi connectivity index (χ4v) is 4.51. The zero-order valence-electron chi connectivity index (χ0n) is 13.1. The van der Waals surface area contributed by atoms with Gasteiger partial charge in [-0.1, -0.05) is 6.42 Å². The van der Waals surface area contributed by atoms with Gasteiger partial charge in [-0.2, -0.15) is 0 Å². The van der Waals surface area contributed by atoms with Crippen molar-refractivity contribution >= 4 is 5.91 Å². The maximum absolute atomic E-state index is 12.2. The molecule has 120 valence electrons. The molecule has 0 aromatic heterocycles. The highest BCUT2D eigenvalue weighted by molar-refractivity contribution is 5.78. The van der Waals surface area contributed by atoms with Crippen LogP contribution in [0.2, 0.25) is 0 Å². The van der Waals surface area contributed by atoms with Gasteiger partial charge in [-0.15, -0.1) is 0 Å². The lowest BCUT2D eigenvalue weighted by Crippen LogP contribution is -2.52. The Balaban J connectivity index is 1.57. The first-order chi connectivity index (χ1) is 10.3. The molecule has 5 heteroatoms. The van der Waals surface area contributed by atoms with Crippen molar-refractivity contribution in [1.29, 1.82) is 0 Å². The molecule has 0 aromatic carbocycles. The first-order valence-corrected chi connectivity index (χ1v) is 8.75. The van der Waals surface area contributed by atoms with E-state index in [9.17, 15) is 4.79 Å². The average molecular weight is 294 g/mol. The molecule has 0 aromatic rings. The molecule has 0 aliphatic carbocycles. The molecule has 3 fully saturated rings. The topological polar surface area (TPSA) is 61.6 Å². The van der Waals surface area contributed by atoms with Crippen LogP contribution in [0, 0.1) is 5.92 Å². The van der Waals surface area contributed by atoms with E-state index in [1.54, 1.807) is 0 Å². The number of carbonyl (C=O) groups excluding carboxylic acids is 1. The minimum atomic E-state index is 0.169. The molecule has 5 nitrogen and oxygen atoms in total. The molecule has 3 saturated heterocycles. The molecule has 21 heavy (non-hydrogen) atoms. The number of fused-ring (bicyclic) bond motifs is 1. The summed E-state index contributed by atoms with van der Waals surface area (Å²) in [6, 6.07) is 1.44. The van der Waals surface area contributed by atoms with Crippen LogP contribution in [-0.4, -0.2) is 67.1 Å². The molecule has 0 bridgehead atoms. The third-order valence-corrected chi connectivity index (χ3v) is 5.56. The van der Waals surface area contributed by atoms with E-state index in [2.05, 4.69) is 15.1 Å². The molecular formula is C16H30N4O. The first-order valence-electron chi connectivity index (χ1n) is 8.75. The summed E-state index contributed by atoms with van der Waals surface area (Å²) in [5.41, 5.74) is 5.48. The predicted molar refractivity (Wildman–Crippen MR) is 84.0 cm³/mol. The van der Waals surface area contributed by atoms with Crippen molar-refractivity contribution in [1.82, 2.24) is 15.1 Å². The van der Waals surface area contributed by atoms with Gasteiger partial charge >= 0.3 is 0 Å². The lowest BCUT2D eigenvalue weighted by atomic mass is 9.92. The van der Waals surface area contributed by atoms with Gasteiger partial charge in [-0.05, 0) is 45.2 Å². The lowest BCUT2D eigenvalue weighted by molar-refractivity contribution is -0.127. The van der Waals surface area contributed by atoms with Crippen molar-refractivity contribution in [3.63, 3.8) is 0 Å². The maximum atomic E-state index is 12.2. The number of hydrogen-bond acceptors (Lipinski definition) is 4. The van der Waals surface area contributed by atoms with Gasteiger partial charge in [0.15, 0.2) is 0 Å². The van der Waals surface area contributed by atoms with Gasteiger partial charge in [0.1, 0.15) is 0 Å². The Bertz CT molecular complexity index is 362. The van der Waals surface area contributed by atoms with Gasteiger partial charge in [0, 0.05) is 38.3 Å². The van der Waals surface area contributed by atoms with Crippen LogP contribution >= 0.6 is 0 Å². The minimum absolute atomic E-state index is 0.169. The van der Waals surface area contributed by atoms with Gasteiger partial charge in [-0.25, -0.2) is 0 Å². The number of likely N-dealkylation sites (tertiary alicyclic amines) is 1. The SMILES string of the molecule is NCCNC(=O)C1CCCN(C2CCN3CCCCC23)C1. The zero-order valence-corrected chi connectivity index (χ0v) is 13.1. The van der Waals surface area contributed by atoms with E-state index in [0.29, 0.717) is 19.1 Å². The summed E-state index contributed by atoms with van der Waals surface area (Å²) in [5.74, 6) is 0.381. The number of carbonyl (C=O) groups is 1. The number of piperidine rings is 2. The monoisotopic (exact) mass is 294 g/mol. The van der Waals surface area contributed by atoms with Crippen molar-refractivity contribution in [2.45, 2.75) is 50.6 Å². The number of nitrogens with zero attached hydrogens (tertiary/aromatic N) is 2. The Morgan fingerprint density at radius 3 is 2.67 bits per heavy atom. The van der Waals surface area contributed by atoms with Crippen LogP contribution in [0.5, 0.6) is 0 Å². The minimum Gasteiger partial charge on any atom is -0.355 e. The van der Waals surface area contributed by atoms with Gasteiger partial charge < -0.3 is 11.1 Å². The zero-order chi connectivity index (χ0) is 14.7. The van der Waals surface area contributed by atoms with E-state index < -0.39 is 0 Å². The summed E-state index contributed by atoms with van der Waals surface area (Å²) in [6.07, 6.45) is 7.59. The fraction of sp³-hybridized carbons (Fsp3) is 0.938. The van der Waals surface area contributed by atoms with Crippen LogP contribution in [-0.2, 0) is 4.79 Å². The second kappa shape index (κ2) is 7.07. The summed E-state index contributed by atoms with van der Waals surface area (Å²) < 4.78 is 0. The number of nitrogens with one attached hydrogen (secondary N) is 1. The van der Waals surface area contributed by atoms with Crippen molar-refractivity contribution in [3.05, 3.63) is 0 Å². The van der Waals surface area contributed by atoms with Crippen molar-refractivity contribution in [2.75, 3.05) is 39.3 Å². The summed E-state index contributed by atoms with van der Waals surface area (Å²) >= 11 is 0. The number of hydrogen-bond donors (Lipinski definition) is 2. The number of rotatable bonds is 4. The highest BCUT2D eigenvalue weighted by Crippen LogP contribution is 2.32. The normalized spacial score (nSPS) is 34.6. The molecule has 3 rings (SSSR count). The van der Waals surface area contributed by atoms with E-state index in [0.717, 1.165) is 25.4 Å². The van der Waals surface area contributed by atoms with Gasteiger partial charge in [0.25, 0.3) is 0 Å². The van der Waals surface area contributed by atoms with Crippen LogP contribution in [0.4, 0.5) is 0 Å². The van der Waals surface area contributed by atoms with Crippen LogP contribution in [0.3, 0.4) is 0 Å². The molecule has 3 aliphatic heterocycles. The Kier molecular flexibility index (Phi) is 5.14. The van der Waals surface area contributed by atoms with Gasteiger partial charge in [0.05, 0.1) is 5.92 Å². The molecule has 3 heterocycles. The Morgan fingerprint density at radius 1 is 1.00 bits per heavy atom. The molecule has 3 N–H and O–H groups in total. The Morgan fingerprint density at radius 2 is 1.81 bits per heavy atom. The Labute approximate surface area is 128 Å². The molecule has 0 saturated carbocycles. The van der Waals surface area contributed by atoms with E-state index in [4.69, 9.17) is 5.73 Å². The molecule has 1 amide bonds. The summed E-state index contributed by atoms with van der Waals surface area (Å²) in [4.78, 5) is 17.5. The molecule has 3 aliphatic rings. The summed E-state index contributed by atoms with van der Waals surface area (Å²) in [7, 11) is 0.